The first kappa shape index (κ1) is 29.2. The van der Waals surface area contributed by atoms with Gasteiger partial charge in [0.1, 0.15) is 6.07 Å². The van der Waals surface area contributed by atoms with Crippen LogP contribution in [0, 0.1) is 11.3 Å². The number of rotatable bonds is 17. The maximum atomic E-state index is 14.0. The third kappa shape index (κ3) is 9.88. The van der Waals surface area contributed by atoms with Crippen LogP contribution in [0.2, 0.25) is 0 Å². The van der Waals surface area contributed by atoms with E-state index in [1.165, 1.54) is 0 Å². The molecule has 0 saturated heterocycles. The van der Waals surface area contributed by atoms with Crippen LogP contribution in [0.4, 0.5) is 0 Å². The molecule has 0 amide bonds. The Hall–Kier alpha value is -1.86. The Balaban J connectivity index is 3.39. The molecule has 0 bridgehead atoms. The Labute approximate surface area is 200 Å². The molecule has 1 atom stereocenters. The van der Waals surface area contributed by atoms with Crippen LogP contribution in [0.15, 0.2) is 40.9 Å². The molecule has 33 heavy (non-hydrogen) atoms. The average molecular weight is 501 g/mol. The molecule has 1 rings (SSSR count). The summed E-state index contributed by atoms with van der Waals surface area (Å²) in [4.78, 5) is 12.3. The summed E-state index contributed by atoms with van der Waals surface area (Å²) in [7, 11) is -3.87. The fourth-order valence-corrected chi connectivity index (χ4v) is 5.16. The molecule has 0 saturated carbocycles. The maximum absolute atomic E-state index is 14.0. The molecule has 0 aliphatic heterocycles. The van der Waals surface area contributed by atoms with Gasteiger partial charge in [0.15, 0.2) is 11.4 Å². The van der Waals surface area contributed by atoms with E-state index >= 15 is 0 Å². The molecule has 1 aromatic carbocycles. The van der Waals surface area contributed by atoms with Crippen molar-refractivity contribution in [2.75, 3.05) is 52.5 Å². The van der Waals surface area contributed by atoms with E-state index in [0.29, 0.717) is 18.8 Å². The topological polar surface area (TPSA) is 116 Å². The predicted molar refractivity (Wildman–Crippen MR) is 128 cm³/mol. The van der Waals surface area contributed by atoms with E-state index < -0.39 is 19.3 Å². The number of thioether (sulfide) groups is 1. The molecule has 11 heteroatoms. The highest BCUT2D eigenvalue weighted by Crippen LogP contribution is 2.60. The first-order valence-corrected chi connectivity index (χ1v) is 13.5. The maximum Gasteiger partial charge on any atom is 0.357 e. The van der Waals surface area contributed by atoms with E-state index in [9.17, 15) is 14.6 Å². The lowest BCUT2D eigenvalue weighted by atomic mass is 10.2. The van der Waals surface area contributed by atoms with Crippen LogP contribution in [0.5, 0.6) is 0 Å². The molecule has 1 unspecified atom stereocenters. The quantitative estimate of drug-likeness (QED) is 0.109. The van der Waals surface area contributed by atoms with Gasteiger partial charge in [0.2, 0.25) is 0 Å². The lowest BCUT2D eigenvalue weighted by Crippen LogP contribution is -2.25. The number of nitrogens with zero attached hydrogens (tertiary/aromatic N) is 1. The summed E-state index contributed by atoms with van der Waals surface area (Å²) in [6, 6.07) is 10.8. The number of nitrogens with one attached hydrogen (secondary N) is 1. The predicted octanol–water partition coefficient (Wildman–Crippen LogP) is 4.24. The van der Waals surface area contributed by atoms with E-state index in [2.05, 4.69) is 5.32 Å². The van der Waals surface area contributed by atoms with Crippen molar-refractivity contribution in [1.29, 1.82) is 5.26 Å². The smallest absolute Gasteiger partial charge is 0.357 e. The second kappa shape index (κ2) is 16.7. The van der Waals surface area contributed by atoms with E-state index in [4.69, 9.17) is 23.3 Å². The minimum Gasteiger partial charge on any atom is -0.462 e. The molecule has 0 aromatic heterocycles. The number of carbonyl (C=O) groups excluding carboxylic acids is 1. The van der Waals surface area contributed by atoms with Crippen LogP contribution in [0.3, 0.4) is 0 Å². The summed E-state index contributed by atoms with van der Waals surface area (Å²) < 4.78 is 41.2. The van der Waals surface area contributed by atoms with Crippen molar-refractivity contribution >= 4 is 25.3 Å². The lowest BCUT2D eigenvalue weighted by Gasteiger charge is -2.29. The van der Waals surface area contributed by atoms with Crippen LogP contribution in [0.1, 0.15) is 32.1 Å². The summed E-state index contributed by atoms with van der Waals surface area (Å²) in [6.45, 7) is 6.97. The molecular formula is C22H33N2O7PS. The second-order valence-corrected chi connectivity index (χ2v) is 9.23. The average Bonchev–Trinajstić information content (AvgIpc) is 2.83. The minimum absolute atomic E-state index is 0.0338. The van der Waals surface area contributed by atoms with E-state index in [1.54, 1.807) is 37.4 Å². The zero-order valence-electron chi connectivity index (χ0n) is 19.6. The molecule has 0 aliphatic carbocycles. The molecule has 0 heterocycles. The Bertz CT molecular complexity index is 814. The molecule has 184 valence electrons. The van der Waals surface area contributed by atoms with Crippen LogP contribution < -0.4 is 5.32 Å². The van der Waals surface area contributed by atoms with Crippen molar-refractivity contribution in [3.05, 3.63) is 46.5 Å². The molecule has 0 spiro atoms. The van der Waals surface area contributed by atoms with E-state index in [1.807, 2.05) is 26.0 Å². The van der Waals surface area contributed by atoms with Gasteiger partial charge >= 0.3 is 13.6 Å². The van der Waals surface area contributed by atoms with Gasteiger partial charge in [0.25, 0.3) is 0 Å². The van der Waals surface area contributed by atoms with Crippen LogP contribution in [-0.4, -0.2) is 58.5 Å². The molecule has 0 radical (unpaired) electrons. The first-order chi connectivity index (χ1) is 16.0. The normalized spacial score (nSPS) is 13.1. The van der Waals surface area contributed by atoms with Crippen molar-refractivity contribution in [1.82, 2.24) is 5.32 Å². The highest BCUT2D eigenvalue weighted by atomic mass is 32.2. The third-order valence-electron chi connectivity index (χ3n) is 4.13. The molecule has 1 N–H and O–H groups in total. The third-order valence-corrected chi connectivity index (χ3v) is 7.00. The van der Waals surface area contributed by atoms with Crippen molar-refractivity contribution in [3.8, 4) is 6.07 Å². The minimum atomic E-state index is -3.87. The number of benzene rings is 1. The van der Waals surface area contributed by atoms with Gasteiger partial charge in [-0.1, -0.05) is 30.3 Å². The number of carbonyl (C=O) groups is 1. The number of hydrogen-bond donors (Lipinski definition) is 1. The fraction of sp³-hybridized carbons (Fsp3) is 0.545. The van der Waals surface area contributed by atoms with Crippen molar-refractivity contribution in [2.24, 2.45) is 0 Å². The zero-order chi connectivity index (χ0) is 24.5. The highest BCUT2D eigenvalue weighted by molar-refractivity contribution is 8.02. The van der Waals surface area contributed by atoms with Crippen LogP contribution >= 0.6 is 19.4 Å². The Morgan fingerprint density at radius 1 is 1.03 bits per heavy atom. The van der Waals surface area contributed by atoms with Crippen LogP contribution in [0.25, 0.3) is 0 Å². The van der Waals surface area contributed by atoms with Gasteiger partial charge in [0.05, 0.1) is 38.1 Å². The summed E-state index contributed by atoms with van der Waals surface area (Å²) in [5.74, 6) is -1.77. The molecule has 1 aromatic rings. The van der Waals surface area contributed by atoms with Crippen molar-refractivity contribution < 1.29 is 32.6 Å². The standard InChI is InChI=1S/C22H33N2O7PS/c1-5-27-13-15-30-32(26,31-16-14-28-6-2)20(18-11-9-8-10-12-18)24-21(33-4)19(17-23)22(25)29-7-3/h8-12,20,24H,5-7,13-16H2,1-4H3/b21-19+. The van der Waals surface area contributed by atoms with Crippen molar-refractivity contribution in [3.63, 3.8) is 0 Å². The summed E-state index contributed by atoms with van der Waals surface area (Å²) in [5.41, 5.74) is 0.377. The Morgan fingerprint density at radius 3 is 2.06 bits per heavy atom. The van der Waals surface area contributed by atoms with Gasteiger partial charge in [-0.3, -0.25) is 4.57 Å². The van der Waals surface area contributed by atoms with Gasteiger partial charge in [-0.05, 0) is 32.6 Å². The molecule has 9 nitrogen and oxygen atoms in total. The number of hydrogen-bond acceptors (Lipinski definition) is 10. The van der Waals surface area contributed by atoms with Crippen LogP contribution in [-0.2, 0) is 32.6 Å². The van der Waals surface area contributed by atoms with Gasteiger partial charge in [-0.2, -0.15) is 5.26 Å². The summed E-state index contributed by atoms with van der Waals surface area (Å²) in [6.07, 6.45) is 1.69. The SMILES string of the molecule is CCOCCOP(=O)(OCCOCC)C(N/C(SC)=C(/C#N)C(=O)OCC)c1ccccc1. The number of ether oxygens (including phenoxy) is 3. The summed E-state index contributed by atoms with van der Waals surface area (Å²) in [5, 5.41) is 12.8. The number of nitriles is 1. The lowest BCUT2D eigenvalue weighted by molar-refractivity contribution is -0.138. The number of esters is 1. The van der Waals surface area contributed by atoms with E-state index in [0.717, 1.165) is 11.8 Å². The largest absolute Gasteiger partial charge is 0.462 e. The second-order valence-electron chi connectivity index (χ2n) is 6.30. The molecular weight excluding hydrogens is 467 g/mol. The van der Waals surface area contributed by atoms with Gasteiger partial charge in [0, 0.05) is 13.2 Å². The van der Waals surface area contributed by atoms with Gasteiger partial charge in [-0.25, -0.2) is 4.79 Å². The van der Waals surface area contributed by atoms with Gasteiger partial charge in [-0.15, -0.1) is 11.8 Å². The first-order valence-electron chi connectivity index (χ1n) is 10.7. The fourth-order valence-electron chi connectivity index (χ4n) is 2.65. The highest BCUT2D eigenvalue weighted by Gasteiger charge is 2.39. The Morgan fingerprint density at radius 2 is 1.61 bits per heavy atom. The van der Waals surface area contributed by atoms with Gasteiger partial charge < -0.3 is 28.6 Å². The molecule has 0 aliphatic rings. The van der Waals surface area contributed by atoms with Crippen molar-refractivity contribution in [2.45, 2.75) is 26.6 Å². The zero-order valence-corrected chi connectivity index (χ0v) is 21.3. The summed E-state index contributed by atoms with van der Waals surface area (Å²) >= 11 is 1.12. The monoisotopic (exact) mass is 500 g/mol. The molecule has 0 fully saturated rings. The van der Waals surface area contributed by atoms with E-state index in [-0.39, 0.29) is 43.6 Å². The Kier molecular flexibility index (Phi) is 14.8.